The molecule has 1 saturated heterocycles. The van der Waals surface area contributed by atoms with Crippen molar-refractivity contribution in [2.45, 2.75) is 31.9 Å². The average molecular weight is 361 g/mol. The third-order valence-electron chi connectivity index (χ3n) is 5.74. The van der Waals surface area contributed by atoms with Gasteiger partial charge in [0.1, 0.15) is 5.82 Å². The summed E-state index contributed by atoms with van der Waals surface area (Å²) in [6, 6.07) is 2.00. The Hall–Kier alpha value is -2.22. The number of imidazole rings is 1. The quantitative estimate of drug-likeness (QED) is 0.826. The van der Waals surface area contributed by atoms with Crippen LogP contribution in [-0.2, 0) is 6.42 Å². The van der Waals surface area contributed by atoms with Crippen molar-refractivity contribution in [3.05, 3.63) is 24.3 Å². The van der Waals surface area contributed by atoms with Gasteiger partial charge in [0.15, 0.2) is 11.6 Å². The number of nitrogens with two attached hydrogens (primary N) is 1. The van der Waals surface area contributed by atoms with Gasteiger partial charge in [0.05, 0.1) is 5.69 Å². The van der Waals surface area contributed by atoms with E-state index in [1.807, 2.05) is 6.20 Å². The molecule has 3 N–H and O–H groups in total. The molecule has 2 aliphatic carbocycles. The Balaban J connectivity index is 1.48. The molecule has 138 valence electrons. The molecule has 0 aromatic carbocycles. The normalized spacial score (nSPS) is 27.0. The van der Waals surface area contributed by atoms with Gasteiger partial charge in [0.25, 0.3) is 0 Å². The van der Waals surface area contributed by atoms with Gasteiger partial charge in [-0.25, -0.2) is 9.97 Å². The monoisotopic (exact) mass is 361 g/mol. The van der Waals surface area contributed by atoms with Crippen LogP contribution in [0, 0.1) is 17.8 Å². The molecule has 26 heavy (non-hydrogen) atoms. The lowest BCUT2D eigenvalue weighted by Crippen LogP contribution is -2.17. The summed E-state index contributed by atoms with van der Waals surface area (Å²) in [7, 11) is 0. The van der Waals surface area contributed by atoms with Gasteiger partial charge in [-0.15, -0.1) is 0 Å². The molecule has 0 bridgehead atoms. The second kappa shape index (κ2) is 5.90. The van der Waals surface area contributed by atoms with E-state index in [9.17, 15) is 8.78 Å². The maximum Gasteiger partial charge on any atom is 0.387 e. The van der Waals surface area contributed by atoms with E-state index in [4.69, 9.17) is 10.7 Å². The fraction of sp³-hybridized carbons (Fsp3) is 0.556. The molecule has 6 nitrogen and oxygen atoms in total. The molecule has 0 spiro atoms. The number of hydrogen-bond donors (Lipinski definition) is 2. The molecule has 3 heterocycles. The maximum absolute atomic E-state index is 12.6. The van der Waals surface area contributed by atoms with Gasteiger partial charge < -0.3 is 20.4 Å². The third kappa shape index (κ3) is 2.82. The van der Waals surface area contributed by atoms with Crippen molar-refractivity contribution >= 4 is 5.82 Å². The molecule has 2 aromatic heterocycles. The first kappa shape index (κ1) is 16.0. The van der Waals surface area contributed by atoms with Crippen molar-refractivity contribution in [3.63, 3.8) is 0 Å². The highest BCUT2D eigenvalue weighted by atomic mass is 19.3. The number of ether oxygens (including phenoxy) is 1. The summed E-state index contributed by atoms with van der Waals surface area (Å²) in [5.74, 6) is 3.02. The number of nitrogens with zero attached hydrogens (tertiary/aromatic N) is 3. The topological polar surface area (TPSA) is 78.0 Å². The number of hydrogen-bond acceptors (Lipinski definition) is 5. The second-order valence-electron chi connectivity index (χ2n) is 7.56. The fourth-order valence-electron chi connectivity index (χ4n) is 4.14. The van der Waals surface area contributed by atoms with Gasteiger partial charge in [-0.1, -0.05) is 0 Å². The van der Waals surface area contributed by atoms with Crippen LogP contribution in [0.25, 0.3) is 11.3 Å². The predicted molar refractivity (Wildman–Crippen MR) is 91.8 cm³/mol. The predicted octanol–water partition coefficient (Wildman–Crippen LogP) is 2.47. The lowest BCUT2D eigenvalue weighted by molar-refractivity contribution is -0.0494. The van der Waals surface area contributed by atoms with Crippen LogP contribution in [0.1, 0.15) is 24.7 Å². The van der Waals surface area contributed by atoms with Crippen LogP contribution in [0.4, 0.5) is 14.6 Å². The molecule has 2 aromatic rings. The van der Waals surface area contributed by atoms with Crippen molar-refractivity contribution in [3.8, 4) is 17.0 Å². The van der Waals surface area contributed by atoms with E-state index in [0.29, 0.717) is 23.4 Å². The summed E-state index contributed by atoms with van der Waals surface area (Å²) in [5, 5.41) is 3.42. The molecular formula is C18H21F2N5O. The van der Waals surface area contributed by atoms with Crippen molar-refractivity contribution in [1.82, 2.24) is 19.9 Å². The number of pyridine rings is 1. The van der Waals surface area contributed by atoms with Gasteiger partial charge in [-0.05, 0) is 36.7 Å². The molecule has 3 atom stereocenters. The number of nitrogen functional groups attached to an aromatic ring is 1. The number of nitrogens with one attached hydrogen (secondary N) is 1. The van der Waals surface area contributed by atoms with Crippen molar-refractivity contribution < 1.29 is 13.5 Å². The first-order valence-corrected chi connectivity index (χ1v) is 9.09. The number of aromatic nitrogens is 3. The smallest absolute Gasteiger partial charge is 0.387 e. The standard InChI is InChI=1S/C18H21F2N5O/c19-18(20)26-14-4-10(5-23-17(14)21)13-8-25(15(24-13)3-9-1-2-9)16-11-6-22-7-12(11)16/h4-5,8-9,11-12,16,18,22H,1-3,6-7H2,(H2,21,23)/t11-,12+,16+. The lowest BCUT2D eigenvalue weighted by atomic mass is 10.2. The molecule has 2 saturated carbocycles. The Bertz CT molecular complexity index is 825. The average Bonchev–Trinajstić information content (AvgIpc) is 3.44. The summed E-state index contributed by atoms with van der Waals surface area (Å²) >= 11 is 0. The number of alkyl halides is 2. The van der Waals surface area contributed by atoms with E-state index in [1.54, 1.807) is 6.20 Å². The molecule has 1 aliphatic heterocycles. The summed E-state index contributed by atoms with van der Waals surface area (Å²) in [6.45, 7) is -0.820. The van der Waals surface area contributed by atoms with Crippen molar-refractivity contribution in [2.24, 2.45) is 17.8 Å². The second-order valence-corrected chi connectivity index (χ2v) is 7.56. The van der Waals surface area contributed by atoms with E-state index in [0.717, 1.165) is 36.9 Å². The summed E-state index contributed by atoms with van der Waals surface area (Å²) < 4.78 is 31.9. The minimum Gasteiger partial charge on any atom is -0.431 e. The minimum atomic E-state index is -2.93. The van der Waals surface area contributed by atoms with Crippen LogP contribution in [0.5, 0.6) is 5.75 Å². The van der Waals surface area contributed by atoms with E-state index in [1.165, 1.54) is 18.9 Å². The molecular weight excluding hydrogens is 340 g/mol. The Morgan fingerprint density at radius 3 is 2.77 bits per heavy atom. The first-order valence-electron chi connectivity index (χ1n) is 9.09. The molecule has 0 unspecified atom stereocenters. The number of rotatable bonds is 6. The van der Waals surface area contributed by atoms with Gasteiger partial charge in [-0.2, -0.15) is 8.78 Å². The molecule has 3 aliphatic rings. The van der Waals surface area contributed by atoms with Gasteiger partial charge in [0, 0.05) is 43.5 Å². The van der Waals surface area contributed by atoms with E-state index in [2.05, 4.69) is 19.6 Å². The van der Waals surface area contributed by atoms with Crippen molar-refractivity contribution in [1.29, 1.82) is 0 Å². The van der Waals surface area contributed by atoms with Crippen molar-refractivity contribution in [2.75, 3.05) is 18.8 Å². The Labute approximate surface area is 149 Å². The SMILES string of the molecule is Nc1ncc(-c2cn([C@H]3[C@@H]4CNC[C@@H]43)c(CC3CC3)n2)cc1OC(F)F. The maximum atomic E-state index is 12.6. The van der Waals surface area contributed by atoms with Crippen LogP contribution in [0.2, 0.25) is 0 Å². The minimum absolute atomic E-state index is 0.0468. The van der Waals surface area contributed by atoms with E-state index < -0.39 is 6.61 Å². The summed E-state index contributed by atoms with van der Waals surface area (Å²) in [5.41, 5.74) is 7.03. The highest BCUT2D eigenvalue weighted by molar-refractivity contribution is 5.63. The number of fused-ring (bicyclic) bond motifs is 1. The van der Waals surface area contributed by atoms with E-state index in [-0.39, 0.29) is 11.6 Å². The van der Waals surface area contributed by atoms with Crippen LogP contribution < -0.4 is 15.8 Å². The molecule has 3 fully saturated rings. The Kier molecular flexibility index (Phi) is 3.63. The zero-order chi connectivity index (χ0) is 17.8. The van der Waals surface area contributed by atoms with Crippen LogP contribution >= 0.6 is 0 Å². The van der Waals surface area contributed by atoms with Crippen LogP contribution in [-0.4, -0.2) is 34.2 Å². The molecule has 8 heteroatoms. The Morgan fingerprint density at radius 2 is 2.08 bits per heavy atom. The number of halogens is 2. The highest BCUT2D eigenvalue weighted by Crippen LogP contribution is 2.53. The Morgan fingerprint density at radius 1 is 1.31 bits per heavy atom. The zero-order valence-electron chi connectivity index (χ0n) is 14.2. The molecule has 0 radical (unpaired) electrons. The fourth-order valence-corrected chi connectivity index (χ4v) is 4.14. The summed E-state index contributed by atoms with van der Waals surface area (Å²) in [4.78, 5) is 8.82. The third-order valence-corrected chi connectivity index (χ3v) is 5.74. The number of anilines is 1. The van der Waals surface area contributed by atoms with Gasteiger partial charge >= 0.3 is 6.61 Å². The van der Waals surface area contributed by atoms with Gasteiger partial charge in [-0.3, -0.25) is 0 Å². The summed E-state index contributed by atoms with van der Waals surface area (Å²) in [6.07, 6.45) is 7.11. The van der Waals surface area contributed by atoms with Crippen LogP contribution in [0.3, 0.4) is 0 Å². The van der Waals surface area contributed by atoms with Crippen LogP contribution in [0.15, 0.2) is 18.5 Å². The first-order chi connectivity index (χ1) is 12.6. The molecule has 0 amide bonds. The highest BCUT2D eigenvalue weighted by Gasteiger charge is 2.54. The lowest BCUT2D eigenvalue weighted by Gasteiger charge is -2.09. The largest absolute Gasteiger partial charge is 0.431 e. The molecule has 5 rings (SSSR count). The van der Waals surface area contributed by atoms with E-state index >= 15 is 0 Å². The zero-order valence-corrected chi connectivity index (χ0v) is 14.2. The van der Waals surface area contributed by atoms with Gasteiger partial charge in [0.2, 0.25) is 0 Å². The number of piperidine rings is 1.